The maximum absolute atomic E-state index is 4.53. The van der Waals surface area contributed by atoms with Gasteiger partial charge >= 0.3 is 0 Å². The van der Waals surface area contributed by atoms with Crippen LogP contribution in [0, 0.1) is 0 Å². The number of aromatic nitrogens is 1. The number of hydrogen-bond donors (Lipinski definition) is 0. The van der Waals surface area contributed by atoms with Gasteiger partial charge in [-0.15, -0.1) is 0 Å². The molecule has 0 amide bonds. The fourth-order valence-corrected chi connectivity index (χ4v) is 2.46. The summed E-state index contributed by atoms with van der Waals surface area (Å²) < 4.78 is 0. The minimum Gasteiger partial charge on any atom is -0.364 e. The van der Waals surface area contributed by atoms with Gasteiger partial charge in [-0.2, -0.15) is 0 Å². The molecule has 86 valence electrons. The molecule has 2 nitrogen and oxygen atoms in total. The van der Waals surface area contributed by atoms with Crippen molar-refractivity contribution in [3.8, 4) is 11.3 Å². The maximum Gasteiger partial charge on any atom is 0.0772 e. The van der Waals surface area contributed by atoms with Crippen molar-refractivity contribution < 1.29 is 0 Å². The van der Waals surface area contributed by atoms with Crippen LogP contribution in [-0.4, -0.2) is 11.0 Å². The van der Waals surface area contributed by atoms with Crippen LogP contribution >= 0.6 is 0 Å². The molecule has 0 saturated heterocycles. The molecule has 0 N–H and O–H groups in total. The number of rotatable bonds is 1. The number of anilines is 1. The van der Waals surface area contributed by atoms with E-state index in [4.69, 9.17) is 0 Å². The van der Waals surface area contributed by atoms with Gasteiger partial charge in [-0.3, -0.25) is 4.98 Å². The van der Waals surface area contributed by atoms with E-state index in [0.717, 1.165) is 12.2 Å². The first-order valence-electron chi connectivity index (χ1n) is 6.07. The van der Waals surface area contributed by atoms with Gasteiger partial charge in [0, 0.05) is 30.0 Å². The Balaban J connectivity index is 2.22. The molecule has 0 spiro atoms. The smallest absolute Gasteiger partial charge is 0.0772 e. The first-order chi connectivity index (χ1) is 8.27. The summed E-state index contributed by atoms with van der Waals surface area (Å²) in [6, 6.07) is 13.2. The summed E-state index contributed by atoms with van der Waals surface area (Å²) in [6.07, 6.45) is 1.88. The van der Waals surface area contributed by atoms with Gasteiger partial charge in [0.05, 0.1) is 5.69 Å². The van der Waals surface area contributed by atoms with Crippen LogP contribution in [0.2, 0.25) is 0 Å². The van der Waals surface area contributed by atoms with Gasteiger partial charge in [0.2, 0.25) is 0 Å². The van der Waals surface area contributed by atoms with Gasteiger partial charge in [0.25, 0.3) is 0 Å². The molecule has 0 atom stereocenters. The third kappa shape index (κ3) is 1.60. The van der Waals surface area contributed by atoms with Crippen LogP contribution in [-0.2, 0) is 6.54 Å². The standard InChI is InChI=1S/C15H16N2/c1-11(2)17-10-12-6-5-9-16-15(12)13-7-3-4-8-14(13)17/h3-9,11H,10H2,1-2H3. The van der Waals surface area contributed by atoms with E-state index in [0.29, 0.717) is 6.04 Å². The van der Waals surface area contributed by atoms with Crippen LogP contribution in [0.15, 0.2) is 42.6 Å². The SMILES string of the molecule is CC(C)N1Cc2cccnc2-c2ccccc21. The molecule has 2 heteroatoms. The lowest BCUT2D eigenvalue weighted by Crippen LogP contribution is -2.33. The third-order valence-electron chi connectivity index (χ3n) is 3.32. The van der Waals surface area contributed by atoms with E-state index in [1.54, 1.807) is 0 Å². The van der Waals surface area contributed by atoms with Crippen LogP contribution in [0.25, 0.3) is 11.3 Å². The quantitative estimate of drug-likeness (QED) is 0.737. The second kappa shape index (κ2) is 3.88. The summed E-state index contributed by atoms with van der Waals surface area (Å²) in [5.41, 5.74) is 5.01. The molecule has 1 aromatic heterocycles. The molecule has 1 aliphatic heterocycles. The molecular formula is C15H16N2. The van der Waals surface area contributed by atoms with Crippen molar-refractivity contribution >= 4 is 5.69 Å². The Morgan fingerprint density at radius 1 is 1.12 bits per heavy atom. The average molecular weight is 224 g/mol. The van der Waals surface area contributed by atoms with E-state index in [1.165, 1.54) is 16.8 Å². The van der Waals surface area contributed by atoms with Crippen molar-refractivity contribution in [3.63, 3.8) is 0 Å². The largest absolute Gasteiger partial charge is 0.364 e. The monoisotopic (exact) mass is 224 g/mol. The van der Waals surface area contributed by atoms with Gasteiger partial charge < -0.3 is 4.90 Å². The molecule has 1 aliphatic rings. The maximum atomic E-state index is 4.53. The minimum absolute atomic E-state index is 0.504. The molecule has 3 rings (SSSR count). The minimum atomic E-state index is 0.504. The Hall–Kier alpha value is -1.83. The summed E-state index contributed by atoms with van der Waals surface area (Å²) >= 11 is 0. The Morgan fingerprint density at radius 2 is 1.94 bits per heavy atom. The second-order valence-electron chi connectivity index (χ2n) is 4.75. The first kappa shape index (κ1) is 10.3. The van der Waals surface area contributed by atoms with Crippen molar-refractivity contribution in [2.75, 3.05) is 4.90 Å². The summed E-state index contributed by atoms with van der Waals surface area (Å²) in [6.45, 7) is 5.42. The van der Waals surface area contributed by atoms with Crippen molar-refractivity contribution in [2.24, 2.45) is 0 Å². The molecule has 2 aromatic rings. The molecule has 17 heavy (non-hydrogen) atoms. The highest BCUT2D eigenvalue weighted by Crippen LogP contribution is 2.38. The third-order valence-corrected chi connectivity index (χ3v) is 3.32. The van der Waals surface area contributed by atoms with Gasteiger partial charge in [0.1, 0.15) is 0 Å². The predicted molar refractivity (Wildman–Crippen MR) is 71.0 cm³/mol. The van der Waals surface area contributed by atoms with E-state index in [-0.39, 0.29) is 0 Å². The number of para-hydroxylation sites is 1. The summed E-state index contributed by atoms with van der Waals surface area (Å²) in [5.74, 6) is 0. The normalized spacial score (nSPS) is 13.5. The molecule has 0 saturated carbocycles. The lowest BCUT2D eigenvalue weighted by Gasteiger charge is -2.35. The van der Waals surface area contributed by atoms with Gasteiger partial charge in [0.15, 0.2) is 0 Å². The van der Waals surface area contributed by atoms with Gasteiger partial charge in [-0.25, -0.2) is 0 Å². The molecule has 2 heterocycles. The number of fused-ring (bicyclic) bond motifs is 3. The van der Waals surface area contributed by atoms with Gasteiger partial charge in [-0.1, -0.05) is 24.3 Å². The van der Waals surface area contributed by atoms with Crippen LogP contribution in [0.4, 0.5) is 5.69 Å². The molecule has 0 fully saturated rings. The zero-order valence-corrected chi connectivity index (χ0v) is 10.2. The number of pyridine rings is 1. The Kier molecular flexibility index (Phi) is 2.36. The van der Waals surface area contributed by atoms with Crippen molar-refractivity contribution in [3.05, 3.63) is 48.2 Å². The highest BCUT2D eigenvalue weighted by atomic mass is 15.2. The Bertz CT molecular complexity index is 546. The van der Waals surface area contributed by atoms with Crippen molar-refractivity contribution in [2.45, 2.75) is 26.4 Å². The number of hydrogen-bond acceptors (Lipinski definition) is 2. The lowest BCUT2D eigenvalue weighted by atomic mass is 9.97. The molecule has 0 bridgehead atoms. The van der Waals surface area contributed by atoms with Crippen LogP contribution < -0.4 is 4.90 Å². The second-order valence-corrected chi connectivity index (χ2v) is 4.75. The average Bonchev–Trinajstić information content (AvgIpc) is 2.37. The lowest BCUT2D eigenvalue weighted by molar-refractivity contribution is 0.676. The summed E-state index contributed by atoms with van der Waals surface area (Å²) in [7, 11) is 0. The van der Waals surface area contributed by atoms with Crippen molar-refractivity contribution in [1.29, 1.82) is 0 Å². The summed E-state index contributed by atoms with van der Waals surface area (Å²) in [5, 5.41) is 0. The number of nitrogens with zero attached hydrogens (tertiary/aromatic N) is 2. The van der Waals surface area contributed by atoms with Crippen LogP contribution in [0.5, 0.6) is 0 Å². The predicted octanol–water partition coefficient (Wildman–Crippen LogP) is 3.48. The molecule has 1 aromatic carbocycles. The summed E-state index contributed by atoms with van der Waals surface area (Å²) in [4.78, 5) is 6.96. The van der Waals surface area contributed by atoms with E-state index in [1.807, 2.05) is 12.3 Å². The van der Waals surface area contributed by atoms with Crippen molar-refractivity contribution in [1.82, 2.24) is 4.98 Å². The van der Waals surface area contributed by atoms with E-state index < -0.39 is 0 Å². The van der Waals surface area contributed by atoms with Gasteiger partial charge in [-0.05, 0) is 31.5 Å². The van der Waals surface area contributed by atoms with Crippen LogP contribution in [0.1, 0.15) is 19.4 Å². The Labute approximate surface area is 102 Å². The molecule has 0 aliphatic carbocycles. The fourth-order valence-electron chi connectivity index (χ4n) is 2.46. The first-order valence-corrected chi connectivity index (χ1v) is 6.07. The highest BCUT2D eigenvalue weighted by molar-refractivity contribution is 5.81. The molecular weight excluding hydrogens is 208 g/mol. The molecule has 0 radical (unpaired) electrons. The highest BCUT2D eigenvalue weighted by Gasteiger charge is 2.23. The van der Waals surface area contributed by atoms with E-state index >= 15 is 0 Å². The van der Waals surface area contributed by atoms with Crippen LogP contribution in [0.3, 0.4) is 0 Å². The fraction of sp³-hybridized carbons (Fsp3) is 0.267. The van der Waals surface area contributed by atoms with E-state index in [9.17, 15) is 0 Å². The topological polar surface area (TPSA) is 16.1 Å². The molecule has 0 unspecified atom stereocenters. The Morgan fingerprint density at radius 3 is 2.76 bits per heavy atom. The zero-order valence-electron chi connectivity index (χ0n) is 10.2. The van der Waals surface area contributed by atoms with E-state index in [2.05, 4.69) is 54.1 Å². The number of benzene rings is 1. The zero-order chi connectivity index (χ0) is 11.8.